The molecule has 0 aromatic carbocycles. The summed E-state index contributed by atoms with van der Waals surface area (Å²) in [4.78, 5) is 40.9. The molecule has 6 rings (SSSR count). The molecule has 1 heterocycles. The van der Waals surface area contributed by atoms with Gasteiger partial charge in [0.25, 0.3) is 0 Å². The molecule has 44 heavy (non-hydrogen) atoms. The fourth-order valence-electron chi connectivity index (χ4n) is 14.1. The zero-order valence-corrected chi connectivity index (χ0v) is 29.2. The summed E-state index contributed by atoms with van der Waals surface area (Å²) in [6.45, 7) is 19.9. The quantitative estimate of drug-likeness (QED) is 0.324. The average Bonchev–Trinajstić information content (AvgIpc) is 3.42. The van der Waals surface area contributed by atoms with Crippen molar-refractivity contribution in [2.45, 2.75) is 151 Å². The summed E-state index contributed by atoms with van der Waals surface area (Å²) in [5.41, 5.74) is -0.282. The lowest BCUT2D eigenvalue weighted by atomic mass is 9.29. The number of esters is 1. The Morgan fingerprint density at radius 3 is 1.95 bits per heavy atom. The van der Waals surface area contributed by atoms with Crippen LogP contribution in [0.15, 0.2) is 0 Å². The van der Waals surface area contributed by atoms with Crippen molar-refractivity contribution in [1.82, 2.24) is 4.90 Å². The van der Waals surface area contributed by atoms with Crippen molar-refractivity contribution in [3.8, 4) is 0 Å². The summed E-state index contributed by atoms with van der Waals surface area (Å²) in [5, 5.41) is 9.97. The smallest absolute Gasteiger partial charge is 0.309 e. The van der Waals surface area contributed by atoms with Crippen LogP contribution in [0.5, 0.6) is 0 Å². The van der Waals surface area contributed by atoms with Crippen LogP contribution >= 0.6 is 0 Å². The molecule has 4 unspecified atom stereocenters. The third kappa shape index (κ3) is 3.99. The molecule has 6 fully saturated rings. The maximum Gasteiger partial charge on any atom is 0.309 e. The molecule has 9 atom stereocenters. The lowest BCUT2D eigenvalue weighted by Crippen LogP contribution is -2.70. The minimum atomic E-state index is -0.693. The fourth-order valence-corrected chi connectivity index (χ4v) is 14.1. The number of piperidine rings is 1. The highest BCUT2D eigenvalue weighted by molar-refractivity contribution is 5.84. The molecule has 0 spiro atoms. The van der Waals surface area contributed by atoms with Crippen LogP contribution in [-0.2, 0) is 19.1 Å². The second kappa shape index (κ2) is 10.2. The molecule has 248 valence electrons. The Morgan fingerprint density at radius 1 is 0.750 bits per heavy atom. The molecule has 0 aromatic heterocycles. The van der Waals surface area contributed by atoms with Crippen LogP contribution in [0.4, 0.5) is 0 Å². The van der Waals surface area contributed by atoms with E-state index < -0.39 is 11.4 Å². The van der Waals surface area contributed by atoms with Crippen molar-refractivity contribution >= 4 is 17.8 Å². The monoisotopic (exact) mass is 611 g/mol. The average molecular weight is 612 g/mol. The van der Waals surface area contributed by atoms with Gasteiger partial charge in [0.1, 0.15) is 6.10 Å². The van der Waals surface area contributed by atoms with Gasteiger partial charge in [-0.05, 0) is 123 Å². The van der Waals surface area contributed by atoms with Crippen LogP contribution in [0.2, 0.25) is 0 Å². The maximum atomic E-state index is 14.7. The van der Waals surface area contributed by atoms with E-state index in [2.05, 4.69) is 46.4 Å². The number of aliphatic carboxylic acids is 1. The van der Waals surface area contributed by atoms with Gasteiger partial charge in [0, 0.05) is 25.4 Å². The minimum absolute atomic E-state index is 0.000516. The Labute approximate surface area is 266 Å². The number of rotatable bonds is 4. The molecule has 5 saturated carbocycles. The van der Waals surface area contributed by atoms with Crippen LogP contribution in [0, 0.1) is 55.7 Å². The van der Waals surface area contributed by atoms with Gasteiger partial charge in [-0.1, -0.05) is 54.9 Å². The number of carboxylic acid groups (broad SMARTS) is 1. The Balaban J connectivity index is 1.28. The first-order valence-corrected chi connectivity index (χ1v) is 18.2. The van der Waals surface area contributed by atoms with Crippen molar-refractivity contribution in [1.29, 1.82) is 0 Å². The molecule has 1 N–H and O–H groups in total. The van der Waals surface area contributed by atoms with Gasteiger partial charge in [0.15, 0.2) is 0 Å². The number of carbonyl (C=O) groups excluding carboxylic acids is 2. The van der Waals surface area contributed by atoms with Gasteiger partial charge < -0.3 is 14.7 Å². The van der Waals surface area contributed by atoms with E-state index in [-0.39, 0.29) is 44.6 Å². The summed E-state index contributed by atoms with van der Waals surface area (Å²) < 4.78 is 5.94. The van der Waals surface area contributed by atoms with E-state index in [1.54, 1.807) is 6.92 Å². The number of hydrogen-bond acceptors (Lipinski definition) is 4. The van der Waals surface area contributed by atoms with Gasteiger partial charge in [-0.25, -0.2) is 0 Å². The lowest BCUT2D eigenvalue weighted by Gasteiger charge is -2.75. The highest BCUT2D eigenvalue weighted by Gasteiger charge is 2.74. The fraction of sp³-hybridized carbons (Fsp3) is 0.921. The van der Waals surface area contributed by atoms with E-state index in [9.17, 15) is 19.5 Å². The van der Waals surface area contributed by atoms with Crippen LogP contribution in [0.1, 0.15) is 145 Å². The van der Waals surface area contributed by atoms with Crippen molar-refractivity contribution in [2.75, 3.05) is 13.1 Å². The van der Waals surface area contributed by atoms with E-state index in [0.29, 0.717) is 56.0 Å². The summed E-state index contributed by atoms with van der Waals surface area (Å²) in [5.74, 6) is 1.08. The van der Waals surface area contributed by atoms with Crippen LogP contribution < -0.4 is 0 Å². The van der Waals surface area contributed by atoms with E-state index >= 15 is 0 Å². The number of amides is 1. The maximum absolute atomic E-state index is 14.7. The molecular formula is C38H61NO5. The molecule has 6 nitrogen and oxygen atoms in total. The Kier molecular flexibility index (Phi) is 7.50. The van der Waals surface area contributed by atoms with Crippen LogP contribution in [0.25, 0.3) is 0 Å². The van der Waals surface area contributed by atoms with E-state index in [4.69, 9.17) is 4.74 Å². The summed E-state index contributed by atoms with van der Waals surface area (Å²) in [6.07, 6.45) is 14.1. The first-order chi connectivity index (χ1) is 20.5. The number of nitrogens with zero attached hydrogens (tertiary/aromatic N) is 1. The molecular weight excluding hydrogens is 550 g/mol. The van der Waals surface area contributed by atoms with Gasteiger partial charge in [0.05, 0.1) is 10.8 Å². The Hall–Kier alpha value is -1.59. The summed E-state index contributed by atoms with van der Waals surface area (Å²) in [6, 6.07) is 0. The van der Waals surface area contributed by atoms with Gasteiger partial charge in [-0.15, -0.1) is 0 Å². The van der Waals surface area contributed by atoms with Crippen LogP contribution in [0.3, 0.4) is 0 Å². The summed E-state index contributed by atoms with van der Waals surface area (Å²) >= 11 is 0. The molecule has 1 saturated heterocycles. The van der Waals surface area contributed by atoms with Crippen molar-refractivity contribution in [2.24, 2.45) is 55.7 Å². The Morgan fingerprint density at radius 2 is 1.36 bits per heavy atom. The number of ether oxygens (including phenoxy) is 1. The SMILES string of the molecule is CCC1(C(=O)O)CCN(C(=O)[C@]23CCCC2[C@@]2(C)CCC4[C@@]5(C)CCC(OC(C)=O)C(C)(C)C5CC[C@@]4(C)[C@]2(C)CC3)CC1. The highest BCUT2D eigenvalue weighted by Crippen LogP contribution is 2.80. The zero-order valence-electron chi connectivity index (χ0n) is 29.2. The van der Waals surface area contributed by atoms with Crippen molar-refractivity contribution in [3.63, 3.8) is 0 Å². The first kappa shape index (κ1) is 32.4. The number of likely N-dealkylation sites (tertiary alicyclic amines) is 1. The van der Waals surface area contributed by atoms with Crippen LogP contribution in [-0.4, -0.2) is 47.0 Å². The second-order valence-electron chi connectivity index (χ2n) is 18.1. The Bertz CT molecular complexity index is 1200. The topological polar surface area (TPSA) is 83.9 Å². The molecule has 0 radical (unpaired) electrons. The second-order valence-corrected chi connectivity index (χ2v) is 18.1. The predicted octanol–water partition coefficient (Wildman–Crippen LogP) is 8.27. The summed E-state index contributed by atoms with van der Waals surface area (Å²) in [7, 11) is 0. The normalized spacial score (nSPS) is 47.4. The van der Waals surface area contributed by atoms with Crippen molar-refractivity contribution < 1.29 is 24.2 Å². The molecule has 1 amide bonds. The number of hydrogen-bond donors (Lipinski definition) is 1. The third-order valence-corrected chi connectivity index (χ3v) is 17.0. The number of carbonyl (C=O) groups is 3. The molecule has 6 heteroatoms. The lowest BCUT2D eigenvalue weighted by molar-refractivity contribution is -0.274. The van der Waals surface area contributed by atoms with Gasteiger partial charge in [-0.3, -0.25) is 14.4 Å². The highest BCUT2D eigenvalue weighted by atomic mass is 16.5. The predicted molar refractivity (Wildman–Crippen MR) is 172 cm³/mol. The first-order valence-electron chi connectivity index (χ1n) is 18.2. The van der Waals surface area contributed by atoms with E-state index in [1.165, 1.54) is 25.7 Å². The van der Waals surface area contributed by atoms with Gasteiger partial charge in [0.2, 0.25) is 5.91 Å². The zero-order chi connectivity index (χ0) is 32.1. The number of fused-ring (bicyclic) bond motifs is 7. The molecule has 0 aromatic rings. The molecule has 0 bridgehead atoms. The standard InChI is InChI=1S/C38H61NO5/c1-9-37(31(42)43)21-23-39(24-22-37)30(41)38-15-10-11-28(38)35(7)18-13-27-33(5)16-14-29(44-25(2)40)32(3,4)26(33)12-17-34(27,6)36(35,8)19-20-38/h26-29H,9-24H2,1-8H3,(H,42,43)/t26?,27?,28?,29?,33-,34+,35+,36-,38-/m0/s1. The van der Waals surface area contributed by atoms with Gasteiger partial charge >= 0.3 is 11.9 Å². The largest absolute Gasteiger partial charge is 0.481 e. The number of carboxylic acids is 1. The molecule has 1 aliphatic heterocycles. The molecule has 5 aliphatic carbocycles. The van der Waals surface area contributed by atoms with E-state index in [1.807, 2.05) is 6.92 Å². The third-order valence-electron chi connectivity index (χ3n) is 17.0. The van der Waals surface area contributed by atoms with E-state index in [0.717, 1.165) is 44.9 Å². The minimum Gasteiger partial charge on any atom is -0.481 e. The van der Waals surface area contributed by atoms with Crippen molar-refractivity contribution in [3.05, 3.63) is 0 Å². The molecule has 6 aliphatic rings. The van der Waals surface area contributed by atoms with Gasteiger partial charge in [-0.2, -0.15) is 0 Å².